The third-order valence-corrected chi connectivity index (χ3v) is 10.9. The average molecular weight is 617 g/mol. The van der Waals surface area contributed by atoms with Gasteiger partial charge in [-0.15, -0.1) is 16.6 Å². The first kappa shape index (κ1) is 31.5. The van der Waals surface area contributed by atoms with Gasteiger partial charge in [0, 0.05) is 0 Å². The van der Waals surface area contributed by atoms with Crippen molar-refractivity contribution >= 4 is 54.4 Å². The van der Waals surface area contributed by atoms with Crippen LogP contribution in [0.3, 0.4) is 0 Å². The van der Waals surface area contributed by atoms with Crippen molar-refractivity contribution in [1.29, 1.82) is 0 Å². The van der Waals surface area contributed by atoms with Crippen molar-refractivity contribution in [1.82, 2.24) is 0 Å². The van der Waals surface area contributed by atoms with Crippen LogP contribution >= 0.6 is 0 Å². The fraction of sp³-hybridized carbons (Fsp3) is 0.226. The van der Waals surface area contributed by atoms with Gasteiger partial charge < -0.3 is 28.4 Å². The Hall–Kier alpha value is -3.99. The largest absolute Gasteiger partial charge is 0.493 e. The van der Waals surface area contributed by atoms with Gasteiger partial charge in [-0.25, -0.2) is 0 Å². The fourth-order valence-corrected chi connectivity index (χ4v) is 10.0. The lowest BCUT2D eigenvalue weighted by Crippen LogP contribution is -2.19. The van der Waals surface area contributed by atoms with Gasteiger partial charge in [0.05, 0.1) is 52.9 Å². The monoisotopic (exact) mass is 616 g/mol. The summed E-state index contributed by atoms with van der Waals surface area (Å²) < 4.78 is 33.3. The Labute approximate surface area is 253 Å². The molecule has 0 aliphatic heterocycles. The lowest BCUT2D eigenvalue weighted by Gasteiger charge is -2.12. The van der Waals surface area contributed by atoms with Crippen molar-refractivity contribution in [3.05, 3.63) is 54.6 Å². The van der Waals surface area contributed by atoms with Gasteiger partial charge in [-0.05, 0) is 33.8 Å². The maximum absolute atomic E-state index is 5.62. The minimum atomic E-state index is -0.977. The van der Waals surface area contributed by atoms with Gasteiger partial charge in [-0.1, -0.05) is 54.2 Å². The Morgan fingerprint density at radius 2 is 0.780 bits per heavy atom. The highest BCUT2D eigenvalue weighted by Gasteiger charge is 2.16. The van der Waals surface area contributed by atoms with E-state index in [4.69, 9.17) is 28.4 Å². The average Bonchev–Trinajstić information content (AvgIpc) is 3.00. The fourth-order valence-electron chi connectivity index (χ4n) is 4.32. The Kier molecular flexibility index (Phi) is 12.1. The predicted octanol–water partition coefficient (Wildman–Crippen LogP) is -1.07. The van der Waals surface area contributed by atoms with Gasteiger partial charge >= 0.3 is 0 Å². The molecule has 3 rings (SSSR count). The van der Waals surface area contributed by atoms with Crippen molar-refractivity contribution in [3.8, 4) is 68.9 Å². The molecule has 0 saturated heterocycles. The topological polar surface area (TPSA) is 55.4 Å². The number of ether oxygens (including phenoxy) is 6. The standard InChI is InChI=1S/C31H36O6Si4/c1-32-22-10-7-13-25(28(22)35-4)39-19-16-31(38,17-20-40-26-14-8-11-23(33-2)29(26)36-5)18-21-41-27-15-9-12-24(34-3)30(27)37-6/h7-15H,39-41H2,1-6,38H3. The van der Waals surface area contributed by atoms with Gasteiger partial charge in [0.25, 0.3) is 0 Å². The summed E-state index contributed by atoms with van der Waals surface area (Å²) in [5.74, 6) is 14.8. The van der Waals surface area contributed by atoms with Gasteiger partial charge in [0.1, 0.15) is 33.6 Å². The van der Waals surface area contributed by atoms with Crippen LogP contribution in [0, 0.1) is 34.4 Å². The van der Waals surface area contributed by atoms with Crippen LogP contribution in [0.15, 0.2) is 54.6 Å². The molecule has 0 aromatic heterocycles. The Bertz CT molecular complexity index is 1360. The second-order valence-corrected chi connectivity index (χ2v) is 14.9. The molecule has 0 aliphatic rings. The Balaban J connectivity index is 1.96. The maximum Gasteiger partial charge on any atom is 0.160 e. The van der Waals surface area contributed by atoms with Gasteiger partial charge in [-0.2, -0.15) is 0 Å². The van der Waals surface area contributed by atoms with Crippen LogP contribution in [0.5, 0.6) is 34.5 Å². The normalized spacial score (nSPS) is 12.1. The first-order chi connectivity index (χ1) is 19.9. The Morgan fingerprint density at radius 3 is 1.02 bits per heavy atom. The molecule has 0 radical (unpaired) electrons. The molecule has 0 N–H and O–H groups in total. The van der Waals surface area contributed by atoms with Crippen LogP contribution in [-0.4, -0.2) is 81.5 Å². The molecule has 10 heteroatoms. The summed E-state index contributed by atoms with van der Waals surface area (Å²) in [6, 6.07) is 17.8. The molecule has 3 aromatic rings. The summed E-state index contributed by atoms with van der Waals surface area (Å²) in [6.45, 7) is 0. The van der Waals surface area contributed by atoms with E-state index in [1.54, 1.807) is 42.7 Å². The number of rotatable bonds is 9. The van der Waals surface area contributed by atoms with Crippen LogP contribution in [0.2, 0.25) is 5.04 Å². The molecule has 0 bridgehead atoms. The minimum absolute atomic E-state index is 0.655. The number of benzene rings is 3. The SMILES string of the molecule is COc1cccc([SiH2]C#CC([SiH3])(C#C[SiH2]c2cccc(OC)c2OC)C#C[SiH2]c2cccc(OC)c2OC)c1OC. The quantitative estimate of drug-likeness (QED) is 0.226. The summed E-state index contributed by atoms with van der Waals surface area (Å²) in [7, 11) is 7.65. The van der Waals surface area contributed by atoms with Crippen molar-refractivity contribution in [3.63, 3.8) is 0 Å². The first-order valence-electron chi connectivity index (χ1n) is 13.0. The molecule has 0 amide bonds. The Morgan fingerprint density at radius 1 is 0.488 bits per heavy atom. The summed E-state index contributed by atoms with van der Waals surface area (Å²) in [5, 5.41) is 2.62. The van der Waals surface area contributed by atoms with E-state index in [1.165, 1.54) is 0 Å². The maximum atomic E-state index is 5.62. The summed E-state index contributed by atoms with van der Waals surface area (Å²) >= 11 is 0. The van der Waals surface area contributed by atoms with Crippen LogP contribution in [-0.2, 0) is 0 Å². The van der Waals surface area contributed by atoms with Crippen molar-refractivity contribution in [2.24, 2.45) is 0 Å². The first-order valence-corrected chi connectivity index (χ1v) is 18.3. The molecule has 3 aromatic carbocycles. The molecular formula is C31H36O6Si4. The smallest absolute Gasteiger partial charge is 0.160 e. The van der Waals surface area contributed by atoms with E-state index in [0.717, 1.165) is 32.8 Å². The van der Waals surface area contributed by atoms with Crippen LogP contribution in [0.1, 0.15) is 0 Å². The second-order valence-electron chi connectivity index (χ2n) is 9.02. The zero-order valence-corrected chi connectivity index (χ0v) is 31.0. The molecule has 0 aliphatic carbocycles. The molecule has 41 heavy (non-hydrogen) atoms. The third kappa shape index (κ3) is 8.26. The molecule has 0 heterocycles. The third-order valence-electron chi connectivity index (χ3n) is 6.31. The van der Waals surface area contributed by atoms with E-state index in [9.17, 15) is 0 Å². The van der Waals surface area contributed by atoms with Crippen LogP contribution < -0.4 is 44.0 Å². The van der Waals surface area contributed by atoms with Crippen LogP contribution in [0.4, 0.5) is 0 Å². The molecule has 212 valence electrons. The highest BCUT2D eigenvalue weighted by atomic mass is 28.2. The van der Waals surface area contributed by atoms with E-state index < -0.39 is 33.6 Å². The summed E-state index contributed by atoms with van der Waals surface area (Å²) in [4.78, 5) is 0. The summed E-state index contributed by atoms with van der Waals surface area (Å²) in [6.07, 6.45) is 0. The number of para-hydroxylation sites is 3. The zero-order chi connectivity index (χ0) is 29.7. The lowest BCUT2D eigenvalue weighted by molar-refractivity contribution is 0.357. The van der Waals surface area contributed by atoms with E-state index in [0.29, 0.717) is 27.5 Å². The molecule has 0 spiro atoms. The van der Waals surface area contributed by atoms with E-state index in [-0.39, 0.29) is 0 Å². The van der Waals surface area contributed by atoms with Crippen molar-refractivity contribution < 1.29 is 28.4 Å². The van der Waals surface area contributed by atoms with Gasteiger partial charge in [-0.3, -0.25) is 0 Å². The van der Waals surface area contributed by atoms with Gasteiger partial charge in [0.15, 0.2) is 34.5 Å². The van der Waals surface area contributed by atoms with Crippen molar-refractivity contribution in [2.45, 2.75) is 5.04 Å². The number of hydrogen-bond donors (Lipinski definition) is 0. The molecule has 6 nitrogen and oxygen atoms in total. The van der Waals surface area contributed by atoms with Crippen molar-refractivity contribution in [2.75, 3.05) is 42.7 Å². The van der Waals surface area contributed by atoms with Crippen LogP contribution in [0.25, 0.3) is 0 Å². The van der Waals surface area contributed by atoms with E-state index >= 15 is 0 Å². The lowest BCUT2D eigenvalue weighted by atomic mass is 10.2. The highest BCUT2D eigenvalue weighted by Crippen LogP contribution is 2.25. The molecule has 0 fully saturated rings. The molecule has 0 atom stereocenters. The minimum Gasteiger partial charge on any atom is -0.493 e. The predicted molar refractivity (Wildman–Crippen MR) is 179 cm³/mol. The highest BCUT2D eigenvalue weighted by molar-refractivity contribution is 6.64. The van der Waals surface area contributed by atoms with Gasteiger partial charge in [0.2, 0.25) is 0 Å². The second kappa shape index (κ2) is 15.7. The summed E-state index contributed by atoms with van der Waals surface area (Å²) in [5.41, 5.74) is 10.4. The number of methoxy groups -OCH3 is 6. The van der Waals surface area contributed by atoms with E-state index in [1.807, 2.05) is 36.4 Å². The molecule has 0 saturated carbocycles. The molecule has 0 unspecified atom stereocenters. The number of hydrogen-bond acceptors (Lipinski definition) is 6. The zero-order valence-electron chi connectivity index (χ0n) is 24.8. The van der Waals surface area contributed by atoms with E-state index in [2.05, 4.69) is 52.6 Å². The molecular weight excluding hydrogens is 581 g/mol.